The average molecular weight is 230 g/mol. The first-order valence-electron chi connectivity index (χ1n) is 5.75. The van der Waals surface area contributed by atoms with Gasteiger partial charge in [-0.3, -0.25) is 0 Å². The van der Waals surface area contributed by atoms with Crippen molar-refractivity contribution in [3.63, 3.8) is 0 Å². The summed E-state index contributed by atoms with van der Waals surface area (Å²) in [6.07, 6.45) is 1.44. The fourth-order valence-electron chi connectivity index (χ4n) is 1.78. The second-order valence-electron chi connectivity index (χ2n) is 5.16. The lowest BCUT2D eigenvalue weighted by molar-refractivity contribution is 0.507. The van der Waals surface area contributed by atoms with Crippen LogP contribution in [0.1, 0.15) is 32.1 Å². The Balaban J connectivity index is 2.36. The number of oxazole rings is 1. The molecule has 0 amide bonds. The second-order valence-corrected chi connectivity index (χ2v) is 5.16. The lowest BCUT2D eigenvalue weighted by Crippen LogP contribution is -2.10. The van der Waals surface area contributed by atoms with Gasteiger partial charge in [-0.25, -0.2) is 4.98 Å². The number of nitrogens with two attached hydrogens (primary N) is 1. The van der Waals surface area contributed by atoms with E-state index in [9.17, 15) is 0 Å². The molecule has 0 atom stereocenters. The number of rotatable bonds is 2. The van der Waals surface area contributed by atoms with Crippen LogP contribution in [0, 0.1) is 0 Å². The van der Waals surface area contributed by atoms with E-state index in [1.54, 1.807) is 0 Å². The van der Waals surface area contributed by atoms with Crippen LogP contribution < -0.4 is 5.73 Å². The van der Waals surface area contributed by atoms with E-state index in [1.165, 1.54) is 12.0 Å². The van der Waals surface area contributed by atoms with Gasteiger partial charge in [-0.05, 0) is 11.0 Å². The molecule has 0 aliphatic carbocycles. The third-order valence-corrected chi connectivity index (χ3v) is 2.85. The summed E-state index contributed by atoms with van der Waals surface area (Å²) < 4.78 is 5.23. The van der Waals surface area contributed by atoms with Gasteiger partial charge in [0, 0.05) is 5.56 Å². The first kappa shape index (κ1) is 11.9. The van der Waals surface area contributed by atoms with E-state index in [2.05, 4.69) is 50.0 Å². The zero-order valence-corrected chi connectivity index (χ0v) is 10.5. The van der Waals surface area contributed by atoms with Gasteiger partial charge in [-0.15, -0.1) is 0 Å². The van der Waals surface area contributed by atoms with Crippen molar-refractivity contribution in [2.75, 3.05) is 0 Å². The number of nitrogens with zero attached hydrogens (tertiary/aromatic N) is 1. The van der Waals surface area contributed by atoms with Crippen LogP contribution in [0.3, 0.4) is 0 Å². The van der Waals surface area contributed by atoms with E-state index >= 15 is 0 Å². The molecular weight excluding hydrogens is 212 g/mol. The molecule has 2 rings (SSSR count). The largest absolute Gasteiger partial charge is 0.446 e. The highest BCUT2D eigenvalue weighted by atomic mass is 16.3. The molecule has 2 N–H and O–H groups in total. The highest BCUT2D eigenvalue weighted by Gasteiger charge is 2.14. The molecule has 0 saturated heterocycles. The van der Waals surface area contributed by atoms with Gasteiger partial charge < -0.3 is 10.2 Å². The maximum absolute atomic E-state index is 5.60. The quantitative estimate of drug-likeness (QED) is 0.862. The fourth-order valence-corrected chi connectivity index (χ4v) is 1.78. The Morgan fingerprint density at radius 2 is 1.82 bits per heavy atom. The Labute approximate surface area is 102 Å². The molecule has 3 nitrogen and oxygen atoms in total. The van der Waals surface area contributed by atoms with Gasteiger partial charge in [0.25, 0.3) is 0 Å². The molecule has 3 heteroatoms. The molecule has 1 aromatic heterocycles. The van der Waals surface area contributed by atoms with Crippen LogP contribution in [-0.2, 0) is 12.0 Å². The van der Waals surface area contributed by atoms with Gasteiger partial charge in [0.15, 0.2) is 6.39 Å². The monoisotopic (exact) mass is 230 g/mol. The normalized spacial score (nSPS) is 11.8. The lowest BCUT2D eigenvalue weighted by atomic mass is 9.86. The number of hydrogen-bond acceptors (Lipinski definition) is 3. The summed E-state index contributed by atoms with van der Waals surface area (Å²) in [5, 5.41) is 0. The van der Waals surface area contributed by atoms with Gasteiger partial charge in [-0.1, -0.05) is 45.0 Å². The summed E-state index contributed by atoms with van der Waals surface area (Å²) >= 11 is 0. The maximum Gasteiger partial charge on any atom is 0.181 e. The van der Waals surface area contributed by atoms with Gasteiger partial charge >= 0.3 is 0 Å². The van der Waals surface area contributed by atoms with Crippen molar-refractivity contribution in [1.29, 1.82) is 0 Å². The molecule has 17 heavy (non-hydrogen) atoms. The Kier molecular flexibility index (Phi) is 3.03. The smallest absolute Gasteiger partial charge is 0.181 e. The van der Waals surface area contributed by atoms with Crippen LogP contribution in [-0.4, -0.2) is 4.98 Å². The standard InChI is InChI=1S/C14H18N2O/c1-14(2,3)11-6-4-10(5-7-11)13-12(8-15)17-9-16-13/h4-7,9H,8,15H2,1-3H3. The van der Waals surface area contributed by atoms with E-state index in [0.29, 0.717) is 6.54 Å². The maximum atomic E-state index is 5.60. The van der Waals surface area contributed by atoms with Gasteiger partial charge in [0.2, 0.25) is 0 Å². The Morgan fingerprint density at radius 3 is 2.35 bits per heavy atom. The van der Waals surface area contributed by atoms with E-state index in [4.69, 9.17) is 10.2 Å². The van der Waals surface area contributed by atoms with Gasteiger partial charge in [0.1, 0.15) is 11.5 Å². The minimum atomic E-state index is 0.166. The molecule has 1 heterocycles. The van der Waals surface area contributed by atoms with E-state index in [1.807, 2.05) is 0 Å². The van der Waals surface area contributed by atoms with Crippen molar-refractivity contribution >= 4 is 0 Å². The number of hydrogen-bond donors (Lipinski definition) is 1. The minimum absolute atomic E-state index is 0.166. The molecule has 0 saturated carbocycles. The van der Waals surface area contributed by atoms with Crippen LogP contribution in [0.2, 0.25) is 0 Å². The first-order chi connectivity index (χ1) is 8.02. The third-order valence-electron chi connectivity index (χ3n) is 2.85. The molecule has 0 aliphatic rings. The van der Waals surface area contributed by atoms with Crippen LogP contribution in [0.25, 0.3) is 11.3 Å². The molecule has 0 radical (unpaired) electrons. The zero-order valence-electron chi connectivity index (χ0n) is 10.5. The van der Waals surface area contributed by atoms with E-state index in [0.717, 1.165) is 17.0 Å². The summed E-state index contributed by atoms with van der Waals surface area (Å²) in [6.45, 7) is 6.96. The minimum Gasteiger partial charge on any atom is -0.446 e. The average Bonchev–Trinajstić information content (AvgIpc) is 2.76. The highest BCUT2D eigenvalue weighted by Crippen LogP contribution is 2.26. The summed E-state index contributed by atoms with van der Waals surface area (Å²) in [7, 11) is 0. The molecule has 0 fully saturated rings. The molecule has 2 aromatic rings. The van der Waals surface area contributed by atoms with Crippen LogP contribution in [0.15, 0.2) is 35.1 Å². The first-order valence-corrected chi connectivity index (χ1v) is 5.75. The van der Waals surface area contributed by atoms with Crippen molar-refractivity contribution in [3.05, 3.63) is 42.0 Å². The molecule has 0 spiro atoms. The van der Waals surface area contributed by atoms with Crippen molar-refractivity contribution in [3.8, 4) is 11.3 Å². The van der Waals surface area contributed by atoms with Crippen LogP contribution in [0.4, 0.5) is 0 Å². The van der Waals surface area contributed by atoms with Gasteiger partial charge in [-0.2, -0.15) is 0 Å². The molecule has 0 unspecified atom stereocenters. The Hall–Kier alpha value is -1.61. The molecular formula is C14H18N2O. The van der Waals surface area contributed by atoms with Crippen molar-refractivity contribution < 1.29 is 4.42 Å². The van der Waals surface area contributed by atoms with Crippen molar-refractivity contribution in [1.82, 2.24) is 4.98 Å². The summed E-state index contributed by atoms with van der Waals surface area (Å²) in [6, 6.07) is 8.39. The lowest BCUT2D eigenvalue weighted by Gasteiger charge is -2.18. The third kappa shape index (κ3) is 2.39. The molecule has 0 aliphatic heterocycles. The number of aromatic nitrogens is 1. The zero-order chi connectivity index (χ0) is 12.5. The predicted molar refractivity (Wildman–Crippen MR) is 68.5 cm³/mol. The molecule has 90 valence electrons. The Morgan fingerprint density at radius 1 is 1.18 bits per heavy atom. The van der Waals surface area contributed by atoms with E-state index in [-0.39, 0.29) is 5.41 Å². The van der Waals surface area contributed by atoms with Crippen molar-refractivity contribution in [2.45, 2.75) is 32.7 Å². The fraction of sp³-hybridized carbons (Fsp3) is 0.357. The second kappa shape index (κ2) is 4.34. The van der Waals surface area contributed by atoms with Gasteiger partial charge in [0.05, 0.1) is 6.54 Å². The molecule has 0 bridgehead atoms. The summed E-state index contributed by atoms with van der Waals surface area (Å²) in [5.41, 5.74) is 8.96. The predicted octanol–water partition coefficient (Wildman–Crippen LogP) is 3.10. The summed E-state index contributed by atoms with van der Waals surface area (Å²) in [5.74, 6) is 0.730. The molecule has 1 aromatic carbocycles. The SMILES string of the molecule is CC(C)(C)c1ccc(-c2ncoc2CN)cc1. The van der Waals surface area contributed by atoms with Crippen LogP contribution in [0.5, 0.6) is 0 Å². The van der Waals surface area contributed by atoms with E-state index < -0.39 is 0 Å². The Bertz CT molecular complexity index is 492. The number of benzene rings is 1. The van der Waals surface area contributed by atoms with Crippen molar-refractivity contribution in [2.24, 2.45) is 5.73 Å². The summed E-state index contributed by atoms with van der Waals surface area (Å²) in [4.78, 5) is 4.20. The topological polar surface area (TPSA) is 52.0 Å². The highest BCUT2D eigenvalue weighted by molar-refractivity contribution is 5.61. The van der Waals surface area contributed by atoms with Crippen LogP contribution >= 0.6 is 0 Å².